The highest BCUT2D eigenvalue weighted by molar-refractivity contribution is 6.07. The summed E-state index contributed by atoms with van der Waals surface area (Å²) in [4.78, 5) is 25.7. The summed E-state index contributed by atoms with van der Waals surface area (Å²) in [6.45, 7) is 5.69. The Kier molecular flexibility index (Phi) is 2.48. The molecule has 0 atom stereocenters. The van der Waals surface area contributed by atoms with Gasteiger partial charge in [0.2, 0.25) is 0 Å². The molecule has 0 unspecified atom stereocenters. The summed E-state index contributed by atoms with van der Waals surface area (Å²) >= 11 is 0. The second-order valence-corrected chi connectivity index (χ2v) is 5.88. The third kappa shape index (κ3) is 1.60. The molecule has 4 heteroatoms. The van der Waals surface area contributed by atoms with Crippen LogP contribution < -0.4 is 5.32 Å². The summed E-state index contributed by atoms with van der Waals surface area (Å²) in [6, 6.07) is -0.223. The molecule has 2 aliphatic rings. The van der Waals surface area contributed by atoms with Crippen molar-refractivity contribution in [2.24, 2.45) is 0 Å². The summed E-state index contributed by atoms with van der Waals surface area (Å²) in [6.07, 6.45) is 4.82. The van der Waals surface area contributed by atoms with Gasteiger partial charge in [0.15, 0.2) is 0 Å². The van der Waals surface area contributed by atoms with Crippen molar-refractivity contribution in [2.75, 3.05) is 0 Å². The quantitative estimate of drug-likeness (QED) is 0.640. The first-order chi connectivity index (χ1) is 7.37. The molecule has 0 bridgehead atoms. The van der Waals surface area contributed by atoms with Gasteiger partial charge in [0, 0.05) is 5.54 Å². The van der Waals surface area contributed by atoms with Crippen LogP contribution in [0.2, 0.25) is 0 Å². The van der Waals surface area contributed by atoms with Crippen LogP contribution in [0.5, 0.6) is 0 Å². The van der Waals surface area contributed by atoms with Crippen molar-refractivity contribution in [3.05, 3.63) is 0 Å². The fourth-order valence-electron chi connectivity index (χ4n) is 2.72. The van der Waals surface area contributed by atoms with Gasteiger partial charge in [-0.2, -0.15) is 0 Å². The lowest BCUT2D eigenvalue weighted by Gasteiger charge is -2.33. The van der Waals surface area contributed by atoms with Crippen LogP contribution in [0.4, 0.5) is 4.79 Å². The highest BCUT2D eigenvalue weighted by atomic mass is 16.2. The highest BCUT2D eigenvalue weighted by Gasteiger charge is 2.54. The van der Waals surface area contributed by atoms with Crippen LogP contribution >= 0.6 is 0 Å². The van der Waals surface area contributed by atoms with Crippen molar-refractivity contribution in [1.82, 2.24) is 10.2 Å². The molecule has 1 saturated heterocycles. The van der Waals surface area contributed by atoms with E-state index in [1.54, 1.807) is 0 Å². The van der Waals surface area contributed by atoms with Gasteiger partial charge in [0.1, 0.15) is 5.54 Å². The first-order valence-corrected chi connectivity index (χ1v) is 6.04. The molecule has 90 valence electrons. The molecule has 1 aliphatic heterocycles. The van der Waals surface area contributed by atoms with Gasteiger partial charge in [-0.25, -0.2) is 4.79 Å². The van der Waals surface area contributed by atoms with E-state index in [1.165, 1.54) is 11.3 Å². The molecule has 1 N–H and O–H groups in total. The van der Waals surface area contributed by atoms with E-state index in [9.17, 15) is 9.59 Å². The minimum atomic E-state index is -0.581. The number of rotatable bonds is 0. The van der Waals surface area contributed by atoms with Crippen molar-refractivity contribution in [1.29, 1.82) is 0 Å². The van der Waals surface area contributed by atoms with Crippen LogP contribution in [0.1, 0.15) is 52.9 Å². The molecule has 2 fully saturated rings. The van der Waals surface area contributed by atoms with E-state index in [0.29, 0.717) is 0 Å². The zero-order valence-electron chi connectivity index (χ0n) is 10.3. The third-order valence-corrected chi connectivity index (χ3v) is 3.54. The maximum Gasteiger partial charge on any atom is 0.325 e. The van der Waals surface area contributed by atoms with Crippen molar-refractivity contribution in [3.63, 3.8) is 0 Å². The number of urea groups is 1. The molecule has 0 aromatic carbocycles. The summed E-state index contributed by atoms with van der Waals surface area (Å²) in [5.41, 5.74) is -1.01. The number of imide groups is 1. The number of hydrogen-bond acceptors (Lipinski definition) is 2. The van der Waals surface area contributed by atoms with Gasteiger partial charge in [-0.05, 0) is 33.6 Å². The summed E-state index contributed by atoms with van der Waals surface area (Å²) in [5.74, 6) is -0.0234. The van der Waals surface area contributed by atoms with Crippen molar-refractivity contribution in [3.8, 4) is 0 Å². The molecule has 4 nitrogen and oxygen atoms in total. The fourth-order valence-corrected chi connectivity index (χ4v) is 2.72. The lowest BCUT2D eigenvalue weighted by molar-refractivity contribution is -0.135. The lowest BCUT2D eigenvalue weighted by atomic mass is 9.81. The number of amides is 3. The molecule has 16 heavy (non-hydrogen) atoms. The number of nitrogens with one attached hydrogen (secondary N) is 1. The molecular formula is C12H20N2O2. The van der Waals surface area contributed by atoms with Gasteiger partial charge < -0.3 is 5.32 Å². The molecular weight excluding hydrogens is 204 g/mol. The zero-order valence-corrected chi connectivity index (χ0v) is 10.3. The second kappa shape index (κ2) is 3.47. The smallest absolute Gasteiger partial charge is 0.323 e. The van der Waals surface area contributed by atoms with Crippen LogP contribution in [0.25, 0.3) is 0 Å². The average molecular weight is 224 g/mol. The Balaban J connectivity index is 2.28. The molecule has 1 spiro atoms. The van der Waals surface area contributed by atoms with E-state index < -0.39 is 11.1 Å². The molecule has 1 saturated carbocycles. The predicted octanol–water partition coefficient (Wildman–Crippen LogP) is 2.04. The SMILES string of the molecule is CC(C)(C)N1C(=O)NC2(CCCCC2)C1=O. The number of carbonyl (C=O) groups excluding carboxylic acids is 2. The van der Waals surface area contributed by atoms with E-state index in [0.717, 1.165) is 25.7 Å². The van der Waals surface area contributed by atoms with E-state index in [1.807, 2.05) is 20.8 Å². The monoisotopic (exact) mass is 224 g/mol. The Labute approximate surface area is 96.4 Å². The molecule has 0 radical (unpaired) electrons. The second-order valence-electron chi connectivity index (χ2n) is 5.88. The number of carbonyl (C=O) groups is 2. The van der Waals surface area contributed by atoms with Gasteiger partial charge in [-0.3, -0.25) is 9.69 Å². The van der Waals surface area contributed by atoms with E-state index in [-0.39, 0.29) is 11.9 Å². The molecule has 3 amide bonds. The highest BCUT2D eigenvalue weighted by Crippen LogP contribution is 2.36. The van der Waals surface area contributed by atoms with E-state index in [4.69, 9.17) is 0 Å². The van der Waals surface area contributed by atoms with Crippen LogP contribution in [-0.2, 0) is 4.79 Å². The summed E-state index contributed by atoms with van der Waals surface area (Å²) < 4.78 is 0. The third-order valence-electron chi connectivity index (χ3n) is 3.54. The van der Waals surface area contributed by atoms with E-state index >= 15 is 0 Å². The van der Waals surface area contributed by atoms with Gasteiger partial charge in [0.05, 0.1) is 0 Å². The van der Waals surface area contributed by atoms with E-state index in [2.05, 4.69) is 5.32 Å². The summed E-state index contributed by atoms with van der Waals surface area (Å²) in [7, 11) is 0. The molecule has 0 aromatic heterocycles. The van der Waals surface area contributed by atoms with Gasteiger partial charge >= 0.3 is 6.03 Å². The van der Waals surface area contributed by atoms with Gasteiger partial charge in [-0.1, -0.05) is 19.3 Å². The fraction of sp³-hybridized carbons (Fsp3) is 0.833. The minimum absolute atomic E-state index is 0.0234. The van der Waals surface area contributed by atoms with Crippen LogP contribution in [0.3, 0.4) is 0 Å². The molecule has 1 aliphatic carbocycles. The maximum atomic E-state index is 12.4. The first-order valence-electron chi connectivity index (χ1n) is 6.04. The first kappa shape index (κ1) is 11.4. The van der Waals surface area contributed by atoms with Crippen molar-refractivity contribution in [2.45, 2.75) is 64.0 Å². The topological polar surface area (TPSA) is 49.4 Å². The minimum Gasteiger partial charge on any atom is -0.323 e. The summed E-state index contributed by atoms with van der Waals surface area (Å²) in [5, 5.41) is 2.91. The Morgan fingerprint density at radius 1 is 1.12 bits per heavy atom. The van der Waals surface area contributed by atoms with Crippen LogP contribution in [0.15, 0.2) is 0 Å². The largest absolute Gasteiger partial charge is 0.325 e. The average Bonchev–Trinajstić information content (AvgIpc) is 2.38. The Morgan fingerprint density at radius 3 is 2.12 bits per heavy atom. The normalized spacial score (nSPS) is 25.1. The standard InChI is InChI=1S/C12H20N2O2/c1-11(2,3)14-9(15)12(13-10(14)16)7-5-4-6-8-12/h4-8H2,1-3H3,(H,13,16). The number of nitrogens with zero attached hydrogens (tertiary/aromatic N) is 1. The van der Waals surface area contributed by atoms with Crippen LogP contribution in [-0.4, -0.2) is 27.9 Å². The zero-order chi connectivity index (χ0) is 12.0. The molecule has 1 heterocycles. The van der Waals surface area contributed by atoms with Crippen LogP contribution in [0, 0.1) is 0 Å². The van der Waals surface area contributed by atoms with Crippen molar-refractivity contribution < 1.29 is 9.59 Å². The lowest BCUT2D eigenvalue weighted by Crippen LogP contribution is -2.50. The molecule has 0 aromatic rings. The Hall–Kier alpha value is -1.06. The van der Waals surface area contributed by atoms with Gasteiger partial charge in [0.25, 0.3) is 5.91 Å². The maximum absolute atomic E-state index is 12.4. The van der Waals surface area contributed by atoms with Gasteiger partial charge in [-0.15, -0.1) is 0 Å². The molecule has 2 rings (SSSR count). The van der Waals surface area contributed by atoms with Crippen molar-refractivity contribution >= 4 is 11.9 Å². The predicted molar refractivity (Wildman–Crippen MR) is 60.9 cm³/mol. The Morgan fingerprint density at radius 2 is 1.69 bits per heavy atom. The Bertz CT molecular complexity index is 324. The number of hydrogen-bond donors (Lipinski definition) is 1.